The molecule has 4 aromatic heterocycles. The van der Waals surface area contributed by atoms with Crippen molar-refractivity contribution in [3.05, 3.63) is 80.1 Å². The number of aliphatic imine (C=N–C) groups is 2. The smallest absolute Gasteiger partial charge is 0.306 e. The quantitative estimate of drug-likeness (QED) is 0.113. The van der Waals surface area contributed by atoms with Crippen LogP contribution in [0.15, 0.2) is 46.9 Å². The molecule has 0 spiro atoms. The number of carboxylic acid groups (broad SMARTS) is 1. The maximum atomic E-state index is 13.1. The number of aromatic nitrogens is 4. The van der Waals surface area contributed by atoms with E-state index < -0.39 is 5.97 Å². The summed E-state index contributed by atoms with van der Waals surface area (Å²) < 4.78 is 0. The lowest BCUT2D eigenvalue weighted by molar-refractivity contribution is -0.142. The van der Waals surface area contributed by atoms with Crippen molar-refractivity contribution in [1.82, 2.24) is 34.6 Å². The van der Waals surface area contributed by atoms with Crippen LogP contribution < -0.4 is 20.4 Å². The summed E-state index contributed by atoms with van der Waals surface area (Å²) in [5.74, 6) is 0.934. The number of hydrogen-bond donors (Lipinski definition) is 3. The zero-order valence-electron chi connectivity index (χ0n) is 43.8. The van der Waals surface area contributed by atoms with E-state index in [1.54, 1.807) is 35.3 Å². The Labute approximate surface area is 442 Å². The van der Waals surface area contributed by atoms with Gasteiger partial charge in [0.15, 0.2) is 0 Å². The van der Waals surface area contributed by atoms with Gasteiger partial charge in [0.2, 0.25) is 5.91 Å². The predicted molar refractivity (Wildman–Crippen MR) is 301 cm³/mol. The Morgan fingerprint density at radius 3 is 1.51 bits per heavy atom. The highest BCUT2D eigenvalue weighted by Gasteiger charge is 2.33. The molecule has 0 bridgehead atoms. The highest BCUT2D eigenvalue weighted by atomic mass is 32.1. The highest BCUT2D eigenvalue weighted by molar-refractivity contribution is 7.19. The standard InChI is InChI=1S/C30H39N7OS.C26H30N6O2S/c1-18(2)36(5)30(38)19-6-7-23-26(14-19)39-29-27(23)28(32-17-33-29)34-24-12-20-15-31-16-21(20)13-25(24)37-10-8-22(9-11-37)35(3)4;1-31(2)18-5-7-32(8-6-18)21-10-17-13-27-12-16(17)9-20(21)30-24-23-19-4-3-15(26(33)34)11-22(19)35-25(23)29-14-28-24/h12-13,15,17-19,22H,6-11,14,16H2,1-5H3,(H,32,33,34);9-10,12,14-15,18H,3-8,11,13H2,1-2H3,(H,33,34)(H,28,29,30)/t19-;15-/m00/s1. The number of carbonyl (C=O) groups excluding carboxylic acids is 1. The fourth-order valence-corrected chi connectivity index (χ4v) is 14.4. The number of anilines is 6. The van der Waals surface area contributed by atoms with Crippen molar-refractivity contribution in [2.45, 2.75) is 109 Å². The molecule has 1 amide bonds. The summed E-state index contributed by atoms with van der Waals surface area (Å²) in [4.78, 5) is 68.2. The van der Waals surface area contributed by atoms with Crippen LogP contribution in [0.3, 0.4) is 0 Å². The third kappa shape index (κ3) is 9.85. The van der Waals surface area contributed by atoms with Gasteiger partial charge in [-0.25, -0.2) is 19.9 Å². The van der Waals surface area contributed by atoms with E-state index in [1.165, 1.54) is 44.1 Å². The number of thiophene rings is 2. The summed E-state index contributed by atoms with van der Waals surface area (Å²) in [7, 11) is 10.6. The van der Waals surface area contributed by atoms with Crippen LogP contribution in [0.25, 0.3) is 20.4 Å². The molecule has 16 nitrogen and oxygen atoms in total. The number of fused-ring (bicyclic) bond motifs is 8. The van der Waals surface area contributed by atoms with Gasteiger partial charge in [-0.1, -0.05) is 0 Å². The van der Waals surface area contributed by atoms with E-state index in [9.17, 15) is 14.7 Å². The molecular formula is C56H69N13O3S2. The van der Waals surface area contributed by atoms with Crippen molar-refractivity contribution < 1.29 is 14.7 Å². The Hall–Kier alpha value is -6.08. The number of amides is 1. The summed E-state index contributed by atoms with van der Waals surface area (Å²) in [6.07, 6.45) is 16.3. The lowest BCUT2D eigenvalue weighted by Gasteiger charge is -2.37. The molecule has 2 aromatic carbocycles. The maximum absolute atomic E-state index is 13.1. The lowest BCUT2D eigenvalue weighted by atomic mass is 9.86. The molecule has 388 valence electrons. The second-order valence-corrected chi connectivity index (χ2v) is 23.9. The maximum Gasteiger partial charge on any atom is 0.306 e. The number of benzene rings is 2. The van der Waals surface area contributed by atoms with E-state index in [-0.39, 0.29) is 23.8 Å². The molecular weight excluding hydrogens is 967 g/mol. The van der Waals surface area contributed by atoms with Crippen molar-refractivity contribution in [3.8, 4) is 0 Å². The zero-order chi connectivity index (χ0) is 51.4. The third-order valence-corrected chi connectivity index (χ3v) is 18.9. The summed E-state index contributed by atoms with van der Waals surface area (Å²) in [6, 6.07) is 10.5. The Morgan fingerprint density at radius 2 is 1.08 bits per heavy atom. The second kappa shape index (κ2) is 20.9. The van der Waals surface area contributed by atoms with Gasteiger partial charge in [-0.05, 0) is 164 Å². The number of aryl methyl sites for hydroxylation is 2. The van der Waals surface area contributed by atoms with Crippen LogP contribution >= 0.6 is 22.7 Å². The van der Waals surface area contributed by atoms with Gasteiger partial charge in [0.05, 0.1) is 52.5 Å². The fraction of sp³-hybridized carbons (Fsp3) is 0.500. The minimum Gasteiger partial charge on any atom is -0.481 e. The number of carboxylic acids is 1. The summed E-state index contributed by atoms with van der Waals surface area (Å²) in [6.45, 7) is 9.72. The van der Waals surface area contributed by atoms with Gasteiger partial charge in [-0.3, -0.25) is 19.6 Å². The van der Waals surface area contributed by atoms with Gasteiger partial charge < -0.3 is 40.2 Å². The molecule has 4 aliphatic heterocycles. The molecule has 6 aromatic rings. The van der Waals surface area contributed by atoms with Crippen LogP contribution in [0, 0.1) is 11.8 Å². The number of nitrogens with zero attached hydrogens (tertiary/aromatic N) is 11. The van der Waals surface area contributed by atoms with E-state index >= 15 is 0 Å². The van der Waals surface area contributed by atoms with E-state index in [4.69, 9.17) is 4.98 Å². The lowest BCUT2D eigenvalue weighted by Crippen LogP contribution is -2.42. The Balaban J connectivity index is 0.000000160. The fourth-order valence-electron chi connectivity index (χ4n) is 11.9. The largest absolute Gasteiger partial charge is 0.481 e. The van der Waals surface area contributed by atoms with Crippen LogP contribution in [0.5, 0.6) is 0 Å². The number of carbonyl (C=O) groups is 2. The molecule has 8 heterocycles. The van der Waals surface area contributed by atoms with Crippen LogP contribution in [0.4, 0.5) is 34.4 Å². The zero-order valence-corrected chi connectivity index (χ0v) is 45.5. The SMILES string of the molecule is CC(C)N(C)C(=O)[C@H]1CCc2c(sc3ncnc(Nc4cc5c(cc4N4CCC(N(C)C)CC4)CN=C5)c23)C1.CN(C)C1CCN(c2cc3c(cc2Nc2ncnc4sc5c(c24)CC[C@H](C(=O)O)C5)C=NC3)CC1. The molecule has 0 saturated carbocycles. The first-order chi connectivity index (χ1) is 35.8. The van der Waals surface area contributed by atoms with E-state index in [2.05, 4.69) is 121 Å². The van der Waals surface area contributed by atoms with Crippen molar-refractivity contribution in [2.24, 2.45) is 21.8 Å². The summed E-state index contributed by atoms with van der Waals surface area (Å²) in [5, 5.41) is 19.1. The molecule has 2 fully saturated rings. The normalized spacial score (nSPS) is 19.5. The first-order valence-electron chi connectivity index (χ1n) is 26.5. The third-order valence-electron chi connectivity index (χ3n) is 16.6. The number of nitrogens with one attached hydrogen (secondary N) is 2. The van der Waals surface area contributed by atoms with Gasteiger partial charge in [0.25, 0.3) is 0 Å². The van der Waals surface area contributed by atoms with Gasteiger partial charge in [0, 0.05) is 79.5 Å². The Morgan fingerprint density at radius 1 is 0.635 bits per heavy atom. The second-order valence-electron chi connectivity index (χ2n) is 21.8. The first-order valence-corrected chi connectivity index (χ1v) is 28.1. The Kier molecular flexibility index (Phi) is 14.2. The molecule has 3 N–H and O–H groups in total. The minimum absolute atomic E-state index is 0.0371. The molecule has 2 saturated heterocycles. The van der Waals surface area contributed by atoms with Crippen LogP contribution in [-0.2, 0) is 48.4 Å². The summed E-state index contributed by atoms with van der Waals surface area (Å²) >= 11 is 3.33. The number of piperidine rings is 2. The summed E-state index contributed by atoms with van der Waals surface area (Å²) in [5.41, 5.74) is 12.0. The molecule has 6 aliphatic rings. The van der Waals surface area contributed by atoms with E-state index in [1.807, 2.05) is 24.4 Å². The Bertz CT molecular complexity index is 3160. The molecule has 74 heavy (non-hydrogen) atoms. The number of hydrogen-bond acceptors (Lipinski definition) is 16. The highest BCUT2D eigenvalue weighted by Crippen LogP contribution is 2.45. The predicted octanol–water partition coefficient (Wildman–Crippen LogP) is 8.96. The topological polar surface area (TPSA) is 171 Å². The van der Waals surface area contributed by atoms with Crippen LogP contribution in [0.2, 0.25) is 0 Å². The molecule has 0 radical (unpaired) electrons. The van der Waals surface area contributed by atoms with Gasteiger partial charge in [-0.2, -0.15) is 0 Å². The van der Waals surface area contributed by atoms with E-state index in [0.29, 0.717) is 24.9 Å². The average Bonchev–Trinajstić information content (AvgIpc) is 4.23. The van der Waals surface area contributed by atoms with Crippen LogP contribution in [-0.4, -0.2) is 144 Å². The minimum atomic E-state index is -0.708. The molecule has 2 atom stereocenters. The van der Waals surface area contributed by atoms with Gasteiger partial charge in [0.1, 0.15) is 34.0 Å². The van der Waals surface area contributed by atoms with E-state index in [0.717, 1.165) is 145 Å². The number of aliphatic carboxylic acids is 1. The van der Waals surface area contributed by atoms with Crippen molar-refractivity contribution in [2.75, 3.05) is 81.9 Å². The van der Waals surface area contributed by atoms with Gasteiger partial charge in [-0.15, -0.1) is 22.7 Å². The number of rotatable bonds is 11. The molecule has 2 aliphatic carbocycles. The molecule has 0 unspecified atom stereocenters. The monoisotopic (exact) mass is 1040 g/mol. The average molecular weight is 1040 g/mol. The molecule has 18 heteroatoms. The first kappa shape index (κ1) is 50.1. The van der Waals surface area contributed by atoms with Crippen molar-refractivity contribution in [3.63, 3.8) is 0 Å². The van der Waals surface area contributed by atoms with Crippen molar-refractivity contribution >= 4 is 102 Å². The molecule has 12 rings (SSSR count). The van der Waals surface area contributed by atoms with Crippen LogP contribution in [0.1, 0.15) is 95.5 Å². The van der Waals surface area contributed by atoms with Gasteiger partial charge >= 0.3 is 5.97 Å². The van der Waals surface area contributed by atoms with Crippen molar-refractivity contribution in [1.29, 1.82) is 0 Å².